The molecule has 156 valence electrons. The van der Waals surface area contributed by atoms with Crippen LogP contribution in [0.25, 0.3) is 0 Å². The number of nitrogens with zero attached hydrogens (tertiary/aromatic N) is 2. The van der Waals surface area contributed by atoms with E-state index in [9.17, 15) is 22.8 Å². The van der Waals surface area contributed by atoms with Gasteiger partial charge in [-0.2, -0.15) is 13.2 Å². The van der Waals surface area contributed by atoms with Crippen molar-refractivity contribution in [2.24, 2.45) is 4.99 Å². The molecule has 1 aromatic rings. The van der Waals surface area contributed by atoms with Gasteiger partial charge in [0.2, 0.25) is 5.91 Å². The van der Waals surface area contributed by atoms with Crippen LogP contribution in [0.15, 0.2) is 29.3 Å². The van der Waals surface area contributed by atoms with E-state index in [-0.39, 0.29) is 48.7 Å². The average molecular weight is 515 g/mol. The minimum absolute atomic E-state index is 0. The fraction of sp³-hybridized carbons (Fsp3) is 0.438. The van der Waals surface area contributed by atoms with Crippen molar-refractivity contribution in [1.82, 2.24) is 20.9 Å². The zero-order valence-electron chi connectivity index (χ0n) is 15.0. The highest BCUT2D eigenvalue weighted by Crippen LogP contribution is 2.18. The first-order chi connectivity index (χ1) is 12.8. The first-order valence-electron chi connectivity index (χ1n) is 8.09. The SMILES string of the molecule is CN=C(NCCN1C(=O)CNC1=O)NCc1ccc(OCC(F)(F)F)cc1.I. The predicted octanol–water partition coefficient (Wildman–Crippen LogP) is 1.46. The molecule has 0 spiro atoms. The molecule has 0 unspecified atom stereocenters. The van der Waals surface area contributed by atoms with E-state index >= 15 is 0 Å². The van der Waals surface area contributed by atoms with Crippen LogP contribution in [0.3, 0.4) is 0 Å². The molecule has 0 radical (unpaired) electrons. The van der Waals surface area contributed by atoms with Crippen molar-refractivity contribution in [3.05, 3.63) is 29.8 Å². The molecule has 3 N–H and O–H groups in total. The lowest BCUT2D eigenvalue weighted by Gasteiger charge is -2.15. The van der Waals surface area contributed by atoms with Gasteiger partial charge < -0.3 is 20.7 Å². The molecule has 1 aromatic carbocycles. The predicted molar refractivity (Wildman–Crippen MR) is 107 cm³/mol. The van der Waals surface area contributed by atoms with Crippen molar-refractivity contribution in [2.75, 3.05) is 33.3 Å². The van der Waals surface area contributed by atoms with Crippen LogP contribution >= 0.6 is 24.0 Å². The summed E-state index contributed by atoms with van der Waals surface area (Å²) in [5, 5.41) is 8.43. The number of urea groups is 1. The summed E-state index contributed by atoms with van der Waals surface area (Å²) in [6, 6.07) is 5.77. The van der Waals surface area contributed by atoms with Gasteiger partial charge in [-0.05, 0) is 17.7 Å². The third kappa shape index (κ3) is 7.78. The van der Waals surface area contributed by atoms with Gasteiger partial charge in [0.15, 0.2) is 12.6 Å². The number of imide groups is 1. The summed E-state index contributed by atoms with van der Waals surface area (Å²) in [6.07, 6.45) is -4.38. The summed E-state index contributed by atoms with van der Waals surface area (Å²) >= 11 is 0. The minimum atomic E-state index is -4.38. The highest BCUT2D eigenvalue weighted by Gasteiger charge is 2.28. The number of alkyl halides is 3. The largest absolute Gasteiger partial charge is 0.484 e. The van der Waals surface area contributed by atoms with E-state index in [0.29, 0.717) is 19.0 Å². The molecule has 1 heterocycles. The standard InChI is InChI=1S/C16H20F3N5O3.HI/c1-20-14(21-6-7-24-13(25)9-23-15(24)26)22-8-11-2-4-12(5-3-11)27-10-16(17,18)19;/h2-5H,6-10H2,1H3,(H,23,26)(H2,20,21,22);1H. The molecule has 8 nitrogen and oxygen atoms in total. The van der Waals surface area contributed by atoms with E-state index in [0.717, 1.165) is 10.5 Å². The molecular formula is C16H21F3IN5O3. The number of benzene rings is 1. The fourth-order valence-corrected chi connectivity index (χ4v) is 2.24. The first kappa shape index (κ1) is 23.8. The van der Waals surface area contributed by atoms with Gasteiger partial charge in [-0.3, -0.25) is 14.7 Å². The molecule has 12 heteroatoms. The lowest BCUT2D eigenvalue weighted by atomic mass is 10.2. The Morgan fingerprint density at radius 1 is 1.25 bits per heavy atom. The minimum Gasteiger partial charge on any atom is -0.484 e. The molecule has 0 aromatic heterocycles. The van der Waals surface area contributed by atoms with E-state index in [2.05, 4.69) is 25.7 Å². The highest BCUT2D eigenvalue weighted by molar-refractivity contribution is 14.0. The van der Waals surface area contributed by atoms with Gasteiger partial charge in [0.05, 0.1) is 6.54 Å². The Labute approximate surface area is 176 Å². The zero-order chi connectivity index (χ0) is 19.9. The molecule has 1 aliphatic rings. The third-order valence-corrected chi connectivity index (χ3v) is 3.57. The lowest BCUT2D eigenvalue weighted by molar-refractivity contribution is -0.153. The van der Waals surface area contributed by atoms with E-state index in [4.69, 9.17) is 0 Å². The second kappa shape index (κ2) is 10.9. The van der Waals surface area contributed by atoms with E-state index in [1.54, 1.807) is 19.2 Å². The molecule has 1 fully saturated rings. The second-order valence-corrected chi connectivity index (χ2v) is 5.60. The Morgan fingerprint density at radius 2 is 1.93 bits per heavy atom. The number of hydrogen-bond donors (Lipinski definition) is 3. The molecule has 1 aliphatic heterocycles. The molecule has 0 saturated carbocycles. The maximum atomic E-state index is 12.1. The first-order valence-corrected chi connectivity index (χ1v) is 8.09. The second-order valence-electron chi connectivity index (χ2n) is 5.60. The van der Waals surface area contributed by atoms with Crippen molar-refractivity contribution in [1.29, 1.82) is 0 Å². The molecule has 0 atom stereocenters. The van der Waals surface area contributed by atoms with E-state index in [1.165, 1.54) is 12.1 Å². The van der Waals surface area contributed by atoms with Crippen LogP contribution in [0.4, 0.5) is 18.0 Å². The van der Waals surface area contributed by atoms with Gasteiger partial charge in [-0.15, -0.1) is 24.0 Å². The van der Waals surface area contributed by atoms with E-state index < -0.39 is 18.8 Å². The van der Waals surface area contributed by atoms with Crippen molar-refractivity contribution in [3.8, 4) is 5.75 Å². The van der Waals surface area contributed by atoms with Crippen molar-refractivity contribution in [3.63, 3.8) is 0 Å². The van der Waals surface area contributed by atoms with Crippen LogP contribution in [0.5, 0.6) is 5.75 Å². The number of amides is 3. The molecular weight excluding hydrogens is 494 g/mol. The maximum absolute atomic E-state index is 12.1. The third-order valence-electron chi connectivity index (χ3n) is 3.57. The van der Waals surface area contributed by atoms with Crippen LogP contribution in [0.1, 0.15) is 5.56 Å². The maximum Gasteiger partial charge on any atom is 0.422 e. The van der Waals surface area contributed by atoms with Crippen LogP contribution in [-0.4, -0.2) is 62.3 Å². The topological polar surface area (TPSA) is 95.1 Å². The Hall–Kier alpha value is -2.25. The molecule has 1 saturated heterocycles. The normalized spacial score (nSPS) is 14.4. The quantitative estimate of drug-likeness (QED) is 0.221. The monoisotopic (exact) mass is 515 g/mol. The molecule has 0 bridgehead atoms. The van der Waals surface area contributed by atoms with Crippen LogP contribution < -0.4 is 20.7 Å². The van der Waals surface area contributed by atoms with Crippen molar-refractivity contribution in [2.45, 2.75) is 12.7 Å². The van der Waals surface area contributed by atoms with E-state index in [1.807, 2.05) is 0 Å². The number of carbonyl (C=O) groups excluding carboxylic acids is 2. The Kier molecular flexibility index (Phi) is 9.28. The number of guanidine groups is 1. The molecule has 0 aliphatic carbocycles. The van der Waals surface area contributed by atoms with Gasteiger partial charge in [-0.1, -0.05) is 12.1 Å². The van der Waals surface area contributed by atoms with Gasteiger partial charge in [-0.25, -0.2) is 4.79 Å². The van der Waals surface area contributed by atoms with Gasteiger partial charge >= 0.3 is 12.2 Å². The number of halogens is 4. The number of aliphatic imine (C=N–C) groups is 1. The summed E-state index contributed by atoms with van der Waals surface area (Å²) < 4.78 is 41.0. The van der Waals surface area contributed by atoms with Crippen LogP contribution in [-0.2, 0) is 11.3 Å². The van der Waals surface area contributed by atoms with Gasteiger partial charge in [0, 0.05) is 26.7 Å². The Morgan fingerprint density at radius 3 is 2.46 bits per heavy atom. The number of nitrogens with one attached hydrogen (secondary N) is 3. The van der Waals surface area contributed by atoms with Crippen LogP contribution in [0, 0.1) is 0 Å². The summed E-state index contributed by atoms with van der Waals surface area (Å²) in [7, 11) is 1.57. The summed E-state index contributed by atoms with van der Waals surface area (Å²) in [6.45, 7) is -0.421. The summed E-state index contributed by atoms with van der Waals surface area (Å²) in [5.41, 5.74) is 0.811. The highest BCUT2D eigenvalue weighted by atomic mass is 127. The van der Waals surface area contributed by atoms with Crippen molar-refractivity contribution < 1.29 is 27.5 Å². The van der Waals surface area contributed by atoms with Crippen molar-refractivity contribution >= 4 is 41.9 Å². The average Bonchev–Trinajstić information content (AvgIpc) is 2.95. The zero-order valence-corrected chi connectivity index (χ0v) is 17.3. The molecule has 2 rings (SSSR count). The molecule has 28 heavy (non-hydrogen) atoms. The van der Waals surface area contributed by atoms with Gasteiger partial charge in [0.1, 0.15) is 5.75 Å². The molecule has 3 amide bonds. The van der Waals surface area contributed by atoms with Gasteiger partial charge in [0.25, 0.3) is 0 Å². The summed E-state index contributed by atoms with van der Waals surface area (Å²) in [4.78, 5) is 28.0. The number of hydrogen-bond acceptors (Lipinski definition) is 4. The summed E-state index contributed by atoms with van der Waals surface area (Å²) in [5.74, 6) is 0.309. The number of ether oxygens (including phenoxy) is 1. The number of carbonyl (C=O) groups is 2. The fourth-order valence-electron chi connectivity index (χ4n) is 2.24. The van der Waals surface area contributed by atoms with Crippen LogP contribution in [0.2, 0.25) is 0 Å². The number of rotatable bonds is 7. The Balaban J connectivity index is 0.00000392. The lowest BCUT2D eigenvalue weighted by Crippen LogP contribution is -2.43. The Bertz CT molecular complexity index is 682. The smallest absolute Gasteiger partial charge is 0.422 e.